The smallest absolute Gasteiger partial charge is 0.328 e. The average Bonchev–Trinajstić information content (AvgIpc) is 2.74. The molecule has 0 heterocycles. The summed E-state index contributed by atoms with van der Waals surface area (Å²) in [6.07, 6.45) is 2.81. The van der Waals surface area contributed by atoms with Gasteiger partial charge in [-0.1, -0.05) is 6.42 Å². The molecule has 13 heteroatoms. The maximum atomic E-state index is 12.5. The first-order chi connectivity index (χ1) is 14.7. The lowest BCUT2D eigenvalue weighted by Crippen LogP contribution is -2.58. The minimum Gasteiger partial charge on any atom is -0.480 e. The van der Waals surface area contributed by atoms with E-state index >= 15 is 0 Å². The second-order valence-electron chi connectivity index (χ2n) is 7.06. The number of rotatable bonds is 17. The predicted octanol–water partition coefficient (Wildman–Crippen LogP) is -3.90. The molecule has 180 valence electrons. The Morgan fingerprint density at radius 1 is 0.677 bits per heavy atom. The highest BCUT2D eigenvalue weighted by molar-refractivity contribution is 5.94. The molecule has 0 aliphatic rings. The molecule has 0 fully saturated rings. The van der Waals surface area contributed by atoms with Crippen LogP contribution in [-0.4, -0.2) is 89.5 Å². The molecule has 4 atom stereocenters. The van der Waals surface area contributed by atoms with E-state index in [1.807, 2.05) is 0 Å². The number of hydrogen-bond donors (Lipinski definition) is 9. The molecule has 0 aliphatic carbocycles. The third-order valence-electron chi connectivity index (χ3n) is 4.50. The van der Waals surface area contributed by atoms with Crippen molar-refractivity contribution in [2.75, 3.05) is 26.3 Å². The Balaban J connectivity index is 5.06. The minimum atomic E-state index is -1.54. The van der Waals surface area contributed by atoms with Crippen LogP contribution >= 0.6 is 0 Å². The second-order valence-corrected chi connectivity index (χ2v) is 7.06. The standard InChI is InChI=1S/C18H36N6O7/c19-7-3-1-5-11(21)15(27)23-13(9-25)17(29)22-12(6-2-4-8-20)16(28)24-14(10-26)18(30)31/h11-14,25-26H,1-10,19-21H2,(H,22,29)(H,23,27)(H,24,28)(H,30,31)/t11-,12-,13-,14-/m0/s1. The summed E-state index contributed by atoms with van der Waals surface area (Å²) in [7, 11) is 0. The number of aliphatic hydroxyl groups excluding tert-OH is 2. The van der Waals surface area contributed by atoms with Gasteiger partial charge in [-0.2, -0.15) is 0 Å². The van der Waals surface area contributed by atoms with Gasteiger partial charge in [0.1, 0.15) is 18.1 Å². The van der Waals surface area contributed by atoms with Crippen molar-refractivity contribution in [3.63, 3.8) is 0 Å². The van der Waals surface area contributed by atoms with Crippen LogP contribution < -0.4 is 33.2 Å². The highest BCUT2D eigenvalue weighted by atomic mass is 16.4. The van der Waals surface area contributed by atoms with Gasteiger partial charge >= 0.3 is 5.97 Å². The molecular formula is C18H36N6O7. The van der Waals surface area contributed by atoms with E-state index in [0.29, 0.717) is 45.2 Å². The third kappa shape index (κ3) is 11.6. The van der Waals surface area contributed by atoms with E-state index < -0.39 is 61.1 Å². The van der Waals surface area contributed by atoms with Crippen LogP contribution in [0.5, 0.6) is 0 Å². The monoisotopic (exact) mass is 448 g/mol. The molecule has 13 nitrogen and oxygen atoms in total. The number of unbranched alkanes of at least 4 members (excludes halogenated alkanes) is 2. The largest absolute Gasteiger partial charge is 0.480 e. The molecule has 0 bridgehead atoms. The van der Waals surface area contributed by atoms with Crippen LogP contribution in [0.25, 0.3) is 0 Å². The number of nitrogens with one attached hydrogen (secondary N) is 3. The molecule has 12 N–H and O–H groups in total. The maximum Gasteiger partial charge on any atom is 0.328 e. The Bertz CT molecular complexity index is 578. The lowest BCUT2D eigenvalue weighted by Gasteiger charge is -2.24. The van der Waals surface area contributed by atoms with Crippen LogP contribution in [0.4, 0.5) is 0 Å². The number of carboxylic acids is 1. The number of aliphatic hydroxyl groups is 2. The normalized spacial score (nSPS) is 14.7. The van der Waals surface area contributed by atoms with E-state index in [1.165, 1.54) is 0 Å². The van der Waals surface area contributed by atoms with Gasteiger partial charge in [-0.25, -0.2) is 4.79 Å². The number of amides is 3. The number of carbonyl (C=O) groups excluding carboxylic acids is 3. The third-order valence-corrected chi connectivity index (χ3v) is 4.50. The van der Waals surface area contributed by atoms with Gasteiger partial charge in [0.25, 0.3) is 0 Å². The Morgan fingerprint density at radius 3 is 1.61 bits per heavy atom. The zero-order valence-electron chi connectivity index (χ0n) is 17.6. The van der Waals surface area contributed by atoms with E-state index in [9.17, 15) is 24.3 Å². The zero-order valence-corrected chi connectivity index (χ0v) is 17.6. The lowest BCUT2D eigenvalue weighted by atomic mass is 10.1. The fourth-order valence-corrected chi connectivity index (χ4v) is 2.60. The number of carboxylic acid groups (broad SMARTS) is 1. The van der Waals surface area contributed by atoms with Crippen LogP contribution in [0.3, 0.4) is 0 Å². The first-order valence-electron chi connectivity index (χ1n) is 10.2. The van der Waals surface area contributed by atoms with Crippen molar-refractivity contribution >= 4 is 23.7 Å². The summed E-state index contributed by atoms with van der Waals surface area (Å²) >= 11 is 0. The van der Waals surface area contributed by atoms with Crippen LogP contribution in [0.2, 0.25) is 0 Å². The van der Waals surface area contributed by atoms with E-state index in [1.54, 1.807) is 0 Å². The SMILES string of the molecule is NCCCC[C@H](NC(=O)[C@H](CO)NC(=O)[C@@H](N)CCCCN)C(=O)N[C@@H](CO)C(=O)O. The average molecular weight is 449 g/mol. The van der Waals surface area contributed by atoms with Crippen molar-refractivity contribution < 1.29 is 34.5 Å². The van der Waals surface area contributed by atoms with Crippen LogP contribution in [0.15, 0.2) is 0 Å². The molecule has 31 heavy (non-hydrogen) atoms. The summed E-state index contributed by atoms with van der Waals surface area (Å²) < 4.78 is 0. The van der Waals surface area contributed by atoms with Crippen molar-refractivity contribution in [1.29, 1.82) is 0 Å². The van der Waals surface area contributed by atoms with Gasteiger partial charge in [-0.3, -0.25) is 14.4 Å². The van der Waals surface area contributed by atoms with E-state index in [-0.39, 0.29) is 6.42 Å². The molecule has 0 aromatic heterocycles. The van der Waals surface area contributed by atoms with E-state index in [4.69, 9.17) is 27.4 Å². The highest BCUT2D eigenvalue weighted by Crippen LogP contribution is 2.03. The number of aliphatic carboxylic acids is 1. The first-order valence-corrected chi connectivity index (χ1v) is 10.2. The summed E-state index contributed by atoms with van der Waals surface area (Å²) in [5.74, 6) is -3.74. The maximum absolute atomic E-state index is 12.5. The Morgan fingerprint density at radius 2 is 1.13 bits per heavy atom. The molecule has 0 saturated heterocycles. The topological polar surface area (TPSA) is 243 Å². The van der Waals surface area contributed by atoms with Crippen molar-refractivity contribution in [3.05, 3.63) is 0 Å². The number of carbonyl (C=O) groups is 4. The van der Waals surface area contributed by atoms with Crippen LogP contribution in [0.1, 0.15) is 38.5 Å². The van der Waals surface area contributed by atoms with Crippen molar-refractivity contribution in [1.82, 2.24) is 16.0 Å². The van der Waals surface area contributed by atoms with E-state index in [2.05, 4.69) is 16.0 Å². The minimum absolute atomic E-state index is 0.136. The fraction of sp³-hybridized carbons (Fsp3) is 0.778. The molecule has 0 aromatic rings. The molecular weight excluding hydrogens is 412 g/mol. The second kappa shape index (κ2) is 16.4. The molecule has 0 aliphatic heterocycles. The summed E-state index contributed by atoms with van der Waals surface area (Å²) in [4.78, 5) is 48.1. The van der Waals surface area contributed by atoms with Gasteiger partial charge in [0.15, 0.2) is 0 Å². The fourth-order valence-electron chi connectivity index (χ4n) is 2.60. The number of hydrogen-bond acceptors (Lipinski definition) is 9. The van der Waals surface area contributed by atoms with Gasteiger partial charge in [-0.05, 0) is 45.2 Å². The van der Waals surface area contributed by atoms with Gasteiger partial charge < -0.3 is 48.5 Å². The molecule has 0 aromatic carbocycles. The van der Waals surface area contributed by atoms with Gasteiger partial charge in [0.05, 0.1) is 19.3 Å². The van der Waals surface area contributed by atoms with E-state index in [0.717, 1.165) is 0 Å². The summed E-state index contributed by atoms with van der Waals surface area (Å²) in [6.45, 7) is -0.753. The molecule has 0 radical (unpaired) electrons. The molecule has 3 amide bonds. The van der Waals surface area contributed by atoms with Gasteiger partial charge in [-0.15, -0.1) is 0 Å². The Kier molecular flexibility index (Phi) is 15.2. The van der Waals surface area contributed by atoms with Crippen molar-refractivity contribution in [2.24, 2.45) is 17.2 Å². The first kappa shape index (κ1) is 28.7. The Hall–Kier alpha value is -2.32. The number of nitrogens with two attached hydrogens (primary N) is 3. The lowest BCUT2D eigenvalue weighted by molar-refractivity contribution is -0.143. The van der Waals surface area contributed by atoms with Crippen molar-refractivity contribution in [2.45, 2.75) is 62.7 Å². The van der Waals surface area contributed by atoms with Crippen LogP contribution in [0, 0.1) is 0 Å². The quantitative estimate of drug-likeness (QED) is 0.0978. The summed E-state index contributed by atoms with van der Waals surface area (Å²) in [5, 5.41) is 34.4. The molecule has 0 rings (SSSR count). The summed E-state index contributed by atoms with van der Waals surface area (Å²) in [6, 6.07) is -4.94. The Labute approximate surface area is 181 Å². The molecule has 0 unspecified atom stereocenters. The van der Waals surface area contributed by atoms with Gasteiger partial charge in [0, 0.05) is 0 Å². The summed E-state index contributed by atoms with van der Waals surface area (Å²) in [5.41, 5.74) is 16.6. The molecule has 0 saturated carbocycles. The molecule has 0 spiro atoms. The highest BCUT2D eigenvalue weighted by Gasteiger charge is 2.29. The van der Waals surface area contributed by atoms with Crippen LogP contribution in [-0.2, 0) is 19.2 Å². The predicted molar refractivity (Wildman–Crippen MR) is 111 cm³/mol. The zero-order chi connectivity index (χ0) is 23.8. The van der Waals surface area contributed by atoms with Gasteiger partial charge in [0.2, 0.25) is 17.7 Å². The van der Waals surface area contributed by atoms with Crippen molar-refractivity contribution in [3.8, 4) is 0 Å².